The lowest BCUT2D eigenvalue weighted by Gasteiger charge is -2.17. The molecule has 2 rings (SSSR count). The van der Waals surface area contributed by atoms with Crippen LogP contribution in [0.3, 0.4) is 0 Å². The van der Waals surface area contributed by atoms with Crippen LogP contribution in [0, 0.1) is 0 Å². The number of thiocarbonyl (C=S) groups is 1. The van der Waals surface area contributed by atoms with E-state index in [4.69, 9.17) is 17.0 Å². The van der Waals surface area contributed by atoms with Gasteiger partial charge in [-0.1, -0.05) is 13.0 Å². The van der Waals surface area contributed by atoms with Crippen LogP contribution in [0.5, 0.6) is 5.75 Å². The third kappa shape index (κ3) is 6.20. The van der Waals surface area contributed by atoms with Crippen LogP contribution in [0.4, 0.5) is 0 Å². The van der Waals surface area contributed by atoms with E-state index < -0.39 is 10.0 Å². The van der Waals surface area contributed by atoms with Crippen LogP contribution < -0.4 is 20.1 Å². The second kappa shape index (κ2) is 10.3. The second-order valence-corrected chi connectivity index (χ2v) is 8.29. The lowest BCUT2D eigenvalue weighted by molar-refractivity contribution is -0.121. The first-order valence-electron chi connectivity index (χ1n) is 9.23. The predicted molar refractivity (Wildman–Crippen MR) is 115 cm³/mol. The van der Waals surface area contributed by atoms with Gasteiger partial charge in [0.1, 0.15) is 10.6 Å². The zero-order valence-electron chi connectivity index (χ0n) is 16.6. The fourth-order valence-electron chi connectivity index (χ4n) is 2.77. The normalized spacial score (nSPS) is 12.1. The molecule has 1 unspecified atom stereocenters. The number of H-pyrrole nitrogens is 1. The van der Waals surface area contributed by atoms with Gasteiger partial charge in [0, 0.05) is 18.9 Å². The van der Waals surface area contributed by atoms with E-state index in [1.807, 2.05) is 19.1 Å². The standard InChI is InChI=1S/C19H26N4O4S2/c1-4-14(15-7-6-10-21-15)22-18(24)12-13-8-9-16(27-5-2)17(11-13)29(25,26)23-19(28)20-3/h6-11,14,21H,4-5,12H2,1-3H3,(H,22,24)(H2,20,23,28). The van der Waals surface area contributed by atoms with Gasteiger partial charge in [-0.05, 0) is 55.4 Å². The lowest BCUT2D eigenvalue weighted by atomic mass is 10.1. The molecule has 10 heteroatoms. The summed E-state index contributed by atoms with van der Waals surface area (Å²) in [5, 5.41) is 5.49. The maximum atomic E-state index is 12.7. The molecule has 0 radical (unpaired) electrons. The Morgan fingerprint density at radius 3 is 2.62 bits per heavy atom. The maximum Gasteiger partial charge on any atom is 0.267 e. The Kier molecular flexibility index (Phi) is 8.03. The van der Waals surface area contributed by atoms with Crippen molar-refractivity contribution in [2.75, 3.05) is 13.7 Å². The second-order valence-electron chi connectivity index (χ2n) is 6.23. The lowest BCUT2D eigenvalue weighted by Crippen LogP contribution is -2.37. The van der Waals surface area contributed by atoms with Gasteiger partial charge in [-0.25, -0.2) is 8.42 Å². The van der Waals surface area contributed by atoms with Gasteiger partial charge in [0.2, 0.25) is 5.91 Å². The van der Waals surface area contributed by atoms with E-state index in [-0.39, 0.29) is 34.1 Å². The molecular formula is C19H26N4O4S2. The van der Waals surface area contributed by atoms with E-state index in [9.17, 15) is 13.2 Å². The molecule has 2 aromatic rings. The minimum Gasteiger partial charge on any atom is -0.492 e. The minimum absolute atomic E-state index is 0.0304. The number of hydrogen-bond acceptors (Lipinski definition) is 5. The first kappa shape index (κ1) is 22.7. The number of aromatic amines is 1. The van der Waals surface area contributed by atoms with Crippen LogP contribution in [-0.4, -0.2) is 38.1 Å². The van der Waals surface area contributed by atoms with Crippen molar-refractivity contribution in [2.45, 2.75) is 37.6 Å². The summed E-state index contributed by atoms with van der Waals surface area (Å²) in [5.41, 5.74) is 1.46. The van der Waals surface area contributed by atoms with Gasteiger partial charge in [0.05, 0.1) is 19.1 Å². The molecule has 0 aliphatic heterocycles. The molecule has 1 aromatic heterocycles. The van der Waals surface area contributed by atoms with Crippen molar-refractivity contribution in [2.24, 2.45) is 0 Å². The first-order chi connectivity index (χ1) is 13.8. The summed E-state index contributed by atoms with van der Waals surface area (Å²) in [6.45, 7) is 4.03. The van der Waals surface area contributed by atoms with Crippen molar-refractivity contribution in [3.63, 3.8) is 0 Å². The Morgan fingerprint density at radius 2 is 2.03 bits per heavy atom. The fraction of sp³-hybridized carbons (Fsp3) is 0.368. The van der Waals surface area contributed by atoms with Crippen molar-refractivity contribution in [1.29, 1.82) is 0 Å². The number of rotatable bonds is 9. The Morgan fingerprint density at radius 1 is 1.28 bits per heavy atom. The van der Waals surface area contributed by atoms with Crippen molar-refractivity contribution < 1.29 is 17.9 Å². The molecular weight excluding hydrogens is 412 g/mol. The zero-order valence-corrected chi connectivity index (χ0v) is 18.2. The Labute approximate surface area is 176 Å². The highest BCUT2D eigenvalue weighted by molar-refractivity contribution is 7.92. The highest BCUT2D eigenvalue weighted by Gasteiger charge is 2.22. The minimum atomic E-state index is -3.96. The molecule has 0 saturated heterocycles. The van der Waals surface area contributed by atoms with Crippen LogP contribution in [0.15, 0.2) is 41.4 Å². The smallest absolute Gasteiger partial charge is 0.267 e. The number of hydrogen-bond donors (Lipinski definition) is 4. The van der Waals surface area contributed by atoms with Crippen LogP contribution in [-0.2, 0) is 21.2 Å². The van der Waals surface area contributed by atoms with Gasteiger partial charge in [-0.3, -0.25) is 9.52 Å². The third-order valence-corrected chi connectivity index (χ3v) is 5.96. The molecule has 29 heavy (non-hydrogen) atoms. The van der Waals surface area contributed by atoms with Crippen molar-refractivity contribution in [1.82, 2.24) is 20.3 Å². The summed E-state index contributed by atoms with van der Waals surface area (Å²) in [6.07, 6.45) is 2.56. The first-order valence-corrected chi connectivity index (χ1v) is 11.1. The van der Waals surface area contributed by atoms with Crippen LogP contribution >= 0.6 is 12.2 Å². The Balaban J connectivity index is 2.23. The summed E-state index contributed by atoms with van der Waals surface area (Å²) in [6, 6.07) is 8.29. The van der Waals surface area contributed by atoms with E-state index in [2.05, 4.69) is 20.3 Å². The molecule has 0 bridgehead atoms. The summed E-state index contributed by atoms with van der Waals surface area (Å²) in [4.78, 5) is 15.5. The van der Waals surface area contributed by atoms with E-state index in [1.165, 1.54) is 13.1 Å². The van der Waals surface area contributed by atoms with Gasteiger partial charge in [0.15, 0.2) is 5.11 Å². The highest BCUT2D eigenvalue weighted by atomic mass is 32.2. The molecule has 0 saturated carbocycles. The maximum absolute atomic E-state index is 12.7. The van der Waals surface area contributed by atoms with Crippen LogP contribution in [0.25, 0.3) is 0 Å². The molecule has 0 fully saturated rings. The number of ether oxygens (including phenoxy) is 1. The number of carbonyl (C=O) groups excluding carboxylic acids is 1. The number of nitrogens with one attached hydrogen (secondary N) is 4. The molecule has 0 aliphatic rings. The summed E-state index contributed by atoms with van der Waals surface area (Å²) in [5.74, 6) is -0.0152. The van der Waals surface area contributed by atoms with Crippen molar-refractivity contribution in [3.8, 4) is 5.75 Å². The molecule has 1 atom stereocenters. The number of benzene rings is 1. The van der Waals surface area contributed by atoms with E-state index >= 15 is 0 Å². The Bertz CT molecular complexity index is 943. The Hall–Kier alpha value is -2.59. The molecule has 158 valence electrons. The van der Waals surface area contributed by atoms with Gasteiger partial charge >= 0.3 is 0 Å². The predicted octanol–water partition coefficient (Wildman–Crippen LogP) is 2.01. The molecule has 0 spiro atoms. The number of sulfonamides is 1. The van der Waals surface area contributed by atoms with Gasteiger partial charge in [-0.15, -0.1) is 0 Å². The quantitative estimate of drug-likeness (QED) is 0.446. The molecule has 1 amide bonds. The van der Waals surface area contributed by atoms with Gasteiger partial charge in [0.25, 0.3) is 10.0 Å². The van der Waals surface area contributed by atoms with E-state index in [0.717, 1.165) is 12.1 Å². The zero-order chi connectivity index (χ0) is 21.4. The van der Waals surface area contributed by atoms with Gasteiger partial charge < -0.3 is 20.4 Å². The van der Waals surface area contributed by atoms with Crippen molar-refractivity contribution in [3.05, 3.63) is 47.8 Å². The van der Waals surface area contributed by atoms with Crippen LogP contribution in [0.2, 0.25) is 0 Å². The van der Waals surface area contributed by atoms with E-state index in [1.54, 1.807) is 25.3 Å². The molecule has 4 N–H and O–H groups in total. The van der Waals surface area contributed by atoms with Crippen LogP contribution in [0.1, 0.15) is 37.6 Å². The third-order valence-electron chi connectivity index (χ3n) is 4.16. The van der Waals surface area contributed by atoms with E-state index in [0.29, 0.717) is 12.2 Å². The topological polar surface area (TPSA) is 112 Å². The number of aromatic nitrogens is 1. The number of amides is 1. The largest absolute Gasteiger partial charge is 0.492 e. The molecule has 0 aliphatic carbocycles. The monoisotopic (exact) mass is 438 g/mol. The molecule has 1 aromatic carbocycles. The fourth-order valence-corrected chi connectivity index (χ4v) is 4.25. The molecule has 1 heterocycles. The SMILES string of the molecule is CCOc1ccc(CC(=O)NC(CC)c2ccc[nH]2)cc1S(=O)(=O)NC(=S)NC. The summed E-state index contributed by atoms with van der Waals surface area (Å²) >= 11 is 4.90. The molecule has 8 nitrogen and oxygen atoms in total. The average Bonchev–Trinajstić information content (AvgIpc) is 3.21. The average molecular weight is 439 g/mol. The number of carbonyl (C=O) groups is 1. The summed E-state index contributed by atoms with van der Waals surface area (Å²) < 4.78 is 33.1. The van der Waals surface area contributed by atoms with Gasteiger partial charge in [-0.2, -0.15) is 0 Å². The van der Waals surface area contributed by atoms with Crippen molar-refractivity contribution >= 4 is 33.3 Å². The summed E-state index contributed by atoms with van der Waals surface area (Å²) in [7, 11) is -2.44. The highest BCUT2D eigenvalue weighted by Crippen LogP contribution is 2.26.